The first-order chi connectivity index (χ1) is 23.0. The molecule has 6 nitrogen and oxygen atoms in total. The van der Waals surface area contributed by atoms with Gasteiger partial charge in [-0.1, -0.05) is 61.0 Å². The average Bonchev–Trinajstić information content (AvgIpc) is 3.54. The number of hydrogen-bond acceptors (Lipinski definition) is 6. The van der Waals surface area contributed by atoms with Gasteiger partial charge in [-0.15, -0.1) is 11.3 Å². The molecule has 0 aliphatic heterocycles. The SMILES string of the molecule is CC1=CC(c2ccc(-c3nc4c(CCC(=O)C5CCC(C(N)=O)CC5)ccc(CC(=O)C5CCC(C(C)O)CC5)c4s3)cc2)=CC(C)C1. The van der Waals surface area contributed by atoms with E-state index in [1.165, 1.54) is 16.7 Å². The minimum Gasteiger partial charge on any atom is -0.393 e. The van der Waals surface area contributed by atoms with Crippen LogP contribution in [0.1, 0.15) is 102 Å². The lowest BCUT2D eigenvalue weighted by molar-refractivity contribution is -0.127. The lowest BCUT2D eigenvalue weighted by Crippen LogP contribution is -2.30. The second-order valence-corrected chi connectivity index (χ2v) is 15.9. The van der Waals surface area contributed by atoms with E-state index in [0.717, 1.165) is 76.9 Å². The fraction of sp³-hybridized carbons (Fsp3) is 0.512. The van der Waals surface area contributed by atoms with Gasteiger partial charge in [0.15, 0.2) is 0 Å². The van der Waals surface area contributed by atoms with Crippen molar-refractivity contribution in [3.05, 3.63) is 70.8 Å². The summed E-state index contributed by atoms with van der Waals surface area (Å²) in [6.45, 7) is 6.31. The molecule has 2 unspecified atom stereocenters. The highest BCUT2D eigenvalue weighted by Crippen LogP contribution is 2.38. The highest BCUT2D eigenvalue weighted by Gasteiger charge is 2.30. The zero-order valence-electron chi connectivity index (χ0n) is 28.7. The van der Waals surface area contributed by atoms with Crippen LogP contribution in [0.3, 0.4) is 0 Å². The lowest BCUT2D eigenvalue weighted by Gasteiger charge is -2.29. The van der Waals surface area contributed by atoms with E-state index < -0.39 is 0 Å². The van der Waals surface area contributed by atoms with E-state index in [-0.39, 0.29) is 47.2 Å². The summed E-state index contributed by atoms with van der Waals surface area (Å²) in [6, 6.07) is 12.8. The maximum atomic E-state index is 13.6. The van der Waals surface area contributed by atoms with Crippen molar-refractivity contribution in [2.45, 2.75) is 104 Å². The van der Waals surface area contributed by atoms with E-state index in [1.54, 1.807) is 11.3 Å². The van der Waals surface area contributed by atoms with E-state index in [4.69, 9.17) is 10.7 Å². The molecule has 0 radical (unpaired) electrons. The second kappa shape index (κ2) is 15.0. The number of ketones is 2. The Morgan fingerprint density at radius 3 is 2.12 bits per heavy atom. The number of allylic oxidation sites excluding steroid dienone is 4. The van der Waals surface area contributed by atoms with Crippen molar-refractivity contribution in [3.63, 3.8) is 0 Å². The Bertz CT molecular complexity index is 1720. The van der Waals surface area contributed by atoms with Crippen LogP contribution in [0.4, 0.5) is 0 Å². The third kappa shape index (κ3) is 7.89. The Labute approximate surface area is 288 Å². The molecule has 0 saturated heterocycles. The number of benzene rings is 2. The number of carbonyl (C=O) groups excluding carboxylic acids is 3. The molecule has 0 spiro atoms. The Kier molecular flexibility index (Phi) is 10.8. The third-order valence-electron chi connectivity index (χ3n) is 11.2. The minimum atomic E-state index is -0.321. The molecule has 3 aliphatic carbocycles. The fourth-order valence-corrected chi connectivity index (χ4v) is 9.35. The number of thiazole rings is 1. The summed E-state index contributed by atoms with van der Waals surface area (Å²) < 4.78 is 1.04. The summed E-state index contributed by atoms with van der Waals surface area (Å²) in [4.78, 5) is 43.6. The number of Topliss-reactive ketones (excluding diaryl/α,β-unsaturated/α-hetero) is 2. The zero-order chi connectivity index (χ0) is 33.9. The van der Waals surface area contributed by atoms with Crippen LogP contribution < -0.4 is 5.73 Å². The average molecular weight is 667 g/mol. The Balaban J connectivity index is 1.24. The predicted molar refractivity (Wildman–Crippen MR) is 194 cm³/mol. The first kappa shape index (κ1) is 34.4. The molecule has 0 bridgehead atoms. The van der Waals surface area contributed by atoms with Gasteiger partial charge in [-0.25, -0.2) is 4.98 Å². The van der Waals surface area contributed by atoms with Crippen LogP contribution in [0.15, 0.2) is 54.1 Å². The van der Waals surface area contributed by atoms with E-state index >= 15 is 0 Å². The summed E-state index contributed by atoms with van der Waals surface area (Å²) in [6.07, 6.45) is 13.1. The topological polar surface area (TPSA) is 110 Å². The van der Waals surface area contributed by atoms with Gasteiger partial charge in [-0.2, -0.15) is 0 Å². The van der Waals surface area contributed by atoms with Gasteiger partial charge in [0.1, 0.15) is 16.6 Å². The maximum Gasteiger partial charge on any atom is 0.220 e. The van der Waals surface area contributed by atoms with Crippen LogP contribution in [0.5, 0.6) is 0 Å². The number of hydrogen-bond donors (Lipinski definition) is 2. The van der Waals surface area contributed by atoms with Gasteiger partial charge in [-0.05, 0) is 112 Å². The molecule has 6 rings (SSSR count). The Hall–Kier alpha value is -3.42. The number of primary amides is 1. The highest BCUT2D eigenvalue weighted by atomic mass is 32.1. The van der Waals surface area contributed by atoms with E-state index in [9.17, 15) is 19.5 Å². The largest absolute Gasteiger partial charge is 0.393 e. The second-order valence-electron chi connectivity index (χ2n) is 14.9. The van der Waals surface area contributed by atoms with Crippen LogP contribution in [0, 0.1) is 29.6 Å². The van der Waals surface area contributed by atoms with Gasteiger partial charge in [-0.3, -0.25) is 14.4 Å². The third-order valence-corrected chi connectivity index (χ3v) is 12.4. The highest BCUT2D eigenvalue weighted by molar-refractivity contribution is 7.21. The normalized spacial score (nSPS) is 25.3. The first-order valence-corrected chi connectivity index (χ1v) is 18.8. The molecule has 2 aromatic carbocycles. The van der Waals surface area contributed by atoms with E-state index in [2.05, 4.69) is 62.4 Å². The number of amides is 1. The summed E-state index contributed by atoms with van der Waals surface area (Å²) in [5.41, 5.74) is 13.4. The minimum absolute atomic E-state index is 0.0118. The number of aliphatic hydroxyl groups excluding tert-OH is 1. The van der Waals surface area contributed by atoms with Gasteiger partial charge in [0.25, 0.3) is 0 Å². The number of carbonyl (C=O) groups is 3. The van der Waals surface area contributed by atoms with Crippen molar-refractivity contribution < 1.29 is 19.5 Å². The molecule has 254 valence electrons. The molecule has 3 aromatic rings. The van der Waals surface area contributed by atoms with Gasteiger partial charge >= 0.3 is 0 Å². The van der Waals surface area contributed by atoms with Crippen LogP contribution in [-0.4, -0.2) is 33.7 Å². The van der Waals surface area contributed by atoms with Gasteiger partial charge in [0.05, 0.1) is 16.3 Å². The molecule has 1 amide bonds. The van der Waals surface area contributed by atoms with Gasteiger partial charge < -0.3 is 10.8 Å². The van der Waals surface area contributed by atoms with Gasteiger partial charge in [0.2, 0.25) is 5.91 Å². The molecule has 2 atom stereocenters. The summed E-state index contributed by atoms with van der Waals surface area (Å²) in [5.74, 6) is 0.994. The molecule has 48 heavy (non-hydrogen) atoms. The monoisotopic (exact) mass is 666 g/mol. The molecule has 3 N–H and O–H groups in total. The summed E-state index contributed by atoms with van der Waals surface area (Å²) in [7, 11) is 0. The molecule has 3 aliphatic rings. The van der Waals surface area contributed by atoms with Crippen LogP contribution in [0.2, 0.25) is 0 Å². The zero-order valence-corrected chi connectivity index (χ0v) is 29.5. The predicted octanol–water partition coefficient (Wildman–Crippen LogP) is 8.43. The van der Waals surface area contributed by atoms with Crippen molar-refractivity contribution in [1.29, 1.82) is 0 Å². The summed E-state index contributed by atoms with van der Waals surface area (Å²) >= 11 is 1.64. The Morgan fingerprint density at radius 1 is 0.875 bits per heavy atom. The number of aromatic nitrogens is 1. The van der Waals surface area contributed by atoms with Crippen molar-refractivity contribution in [3.8, 4) is 10.6 Å². The van der Waals surface area contributed by atoms with Crippen LogP contribution in [-0.2, 0) is 27.2 Å². The number of nitrogens with two attached hydrogens (primary N) is 1. The van der Waals surface area contributed by atoms with Gasteiger partial charge in [0, 0.05) is 36.2 Å². The lowest BCUT2D eigenvalue weighted by atomic mass is 9.77. The van der Waals surface area contributed by atoms with Crippen molar-refractivity contribution in [1.82, 2.24) is 4.98 Å². The molecular weight excluding hydrogens is 617 g/mol. The number of nitrogens with zero attached hydrogens (tertiary/aromatic N) is 1. The molecule has 1 aromatic heterocycles. The number of fused-ring (bicyclic) bond motifs is 1. The Morgan fingerprint density at radius 2 is 1.48 bits per heavy atom. The standard InChI is InChI=1S/C41H50N2O4S/c1-24-20-25(2)22-35(21-24)28-6-15-33(16-7-28)41-43-38-31(18-19-36(45)29-10-13-32(14-11-29)40(42)47)12-17-34(39(38)48-41)23-37(46)30-8-4-27(5-9-30)26(3)44/h6-7,12,15-17,21-22,24,26-27,29-30,32,44H,4-5,8-11,13-14,18-20,23H2,1-3H3,(H2,42,47). The number of aryl methyl sites for hydroxylation is 1. The van der Waals surface area contributed by atoms with Crippen molar-refractivity contribution in [2.24, 2.45) is 35.3 Å². The van der Waals surface area contributed by atoms with E-state index in [1.807, 2.05) is 6.92 Å². The first-order valence-electron chi connectivity index (χ1n) is 18.0. The molecule has 2 fully saturated rings. The fourth-order valence-electron chi connectivity index (χ4n) is 8.22. The smallest absolute Gasteiger partial charge is 0.220 e. The molecule has 1 heterocycles. The molecule has 2 saturated carbocycles. The van der Waals surface area contributed by atoms with Crippen LogP contribution in [0.25, 0.3) is 26.4 Å². The van der Waals surface area contributed by atoms with Crippen molar-refractivity contribution in [2.75, 3.05) is 0 Å². The quantitative estimate of drug-likeness (QED) is 0.214. The van der Waals surface area contributed by atoms with Crippen LogP contribution >= 0.6 is 11.3 Å². The molecule has 7 heteroatoms. The summed E-state index contributed by atoms with van der Waals surface area (Å²) in [5, 5.41) is 10.9. The molecular formula is C41H50N2O4S. The number of rotatable bonds is 11. The number of aliphatic hydroxyl groups is 1. The maximum absolute atomic E-state index is 13.6. The van der Waals surface area contributed by atoms with Crippen molar-refractivity contribution >= 4 is 44.6 Å². The van der Waals surface area contributed by atoms with E-state index in [0.29, 0.717) is 38.0 Å².